The molecule has 1 aromatic carbocycles. The second-order valence-electron chi connectivity index (χ2n) is 10.7. The van der Waals surface area contributed by atoms with Crippen LogP contribution in [0, 0.1) is 16.7 Å². The highest BCUT2D eigenvalue weighted by molar-refractivity contribution is 5.84. The molecule has 30 heavy (non-hydrogen) atoms. The van der Waals surface area contributed by atoms with Crippen LogP contribution in [0.5, 0.6) is 0 Å². The van der Waals surface area contributed by atoms with Gasteiger partial charge in [-0.2, -0.15) is 0 Å². The Morgan fingerprint density at radius 3 is 2.80 bits per heavy atom. The Balaban J connectivity index is 1.48. The van der Waals surface area contributed by atoms with E-state index in [1.54, 1.807) is 0 Å². The van der Waals surface area contributed by atoms with Gasteiger partial charge in [0, 0.05) is 13.2 Å². The number of piperidine rings is 1. The van der Waals surface area contributed by atoms with E-state index in [1.807, 2.05) is 0 Å². The lowest BCUT2D eigenvalue weighted by molar-refractivity contribution is -0.173. The van der Waals surface area contributed by atoms with Gasteiger partial charge in [0.1, 0.15) is 0 Å². The molecular formula is C25H36N2O3. The number of hydrogen-bond donors (Lipinski definition) is 3. The van der Waals surface area contributed by atoms with Crippen LogP contribution in [0.15, 0.2) is 30.3 Å². The zero-order valence-corrected chi connectivity index (χ0v) is 18.2. The minimum Gasteiger partial charge on any atom is -0.390 e. The van der Waals surface area contributed by atoms with Crippen molar-refractivity contribution in [1.29, 1.82) is 0 Å². The van der Waals surface area contributed by atoms with Gasteiger partial charge in [-0.05, 0) is 80.7 Å². The Morgan fingerprint density at radius 1 is 1.20 bits per heavy atom. The summed E-state index contributed by atoms with van der Waals surface area (Å²) in [5, 5.41) is 16.9. The smallest absolute Gasteiger partial charge is 0.226 e. The Kier molecular flexibility index (Phi) is 5.19. The zero-order valence-electron chi connectivity index (χ0n) is 18.2. The van der Waals surface area contributed by atoms with Crippen LogP contribution in [0.4, 0.5) is 0 Å². The van der Waals surface area contributed by atoms with Crippen molar-refractivity contribution in [3.63, 3.8) is 0 Å². The lowest BCUT2D eigenvalue weighted by atomic mass is 9.38. The highest BCUT2D eigenvalue weighted by Crippen LogP contribution is 2.70. The van der Waals surface area contributed by atoms with Crippen molar-refractivity contribution in [3.05, 3.63) is 35.9 Å². The van der Waals surface area contributed by atoms with Crippen LogP contribution >= 0.6 is 0 Å². The van der Waals surface area contributed by atoms with E-state index in [0.29, 0.717) is 12.5 Å². The van der Waals surface area contributed by atoms with Crippen molar-refractivity contribution in [2.24, 2.45) is 16.7 Å². The van der Waals surface area contributed by atoms with Crippen molar-refractivity contribution in [2.45, 2.75) is 69.4 Å². The van der Waals surface area contributed by atoms with Gasteiger partial charge in [-0.15, -0.1) is 0 Å². The minimum atomic E-state index is -0.503. The molecule has 0 radical (unpaired) electrons. The maximum Gasteiger partial charge on any atom is 0.226 e. The number of aliphatic hydroxyl groups excluding tert-OH is 1. The molecule has 4 saturated carbocycles. The molecule has 6 atom stereocenters. The molecule has 4 aliphatic carbocycles. The first kappa shape index (κ1) is 20.5. The molecule has 4 bridgehead atoms. The van der Waals surface area contributed by atoms with Crippen LogP contribution < -0.4 is 10.6 Å². The summed E-state index contributed by atoms with van der Waals surface area (Å²) in [6, 6.07) is 10.8. The third-order valence-electron chi connectivity index (χ3n) is 8.43. The molecule has 5 fully saturated rings. The van der Waals surface area contributed by atoms with Gasteiger partial charge in [-0.1, -0.05) is 30.3 Å². The van der Waals surface area contributed by atoms with E-state index in [1.165, 1.54) is 18.4 Å². The van der Waals surface area contributed by atoms with E-state index in [0.717, 1.165) is 51.9 Å². The van der Waals surface area contributed by atoms with Crippen LogP contribution in [-0.2, 0) is 14.9 Å². The molecule has 3 N–H and O–H groups in total. The number of carbonyl (C=O) groups is 1. The quantitative estimate of drug-likeness (QED) is 0.672. The summed E-state index contributed by atoms with van der Waals surface area (Å²) in [6.45, 7) is 4.96. The molecule has 6 rings (SSSR count). The average molecular weight is 413 g/mol. The third-order valence-corrected chi connectivity index (χ3v) is 8.43. The fourth-order valence-corrected chi connectivity index (χ4v) is 7.82. The Bertz CT molecular complexity index is 786. The standard InChI is InChI=1S/C25H36N2O3/c1-2-30-17-23-10-18-11-24(14-23,19-6-4-3-5-7-19)16-25(12-18,15-23)22(29)27-20-8-9-26-13-21(20)28/h3-7,18,20-21,26,28H,2,8-17H2,1H3,(H,27,29)/t18?,20-,21-,23+,24-,25?/m1/s1. The minimum absolute atomic E-state index is 0.0713. The molecule has 0 spiro atoms. The van der Waals surface area contributed by atoms with Crippen molar-refractivity contribution in [3.8, 4) is 0 Å². The highest BCUT2D eigenvalue weighted by atomic mass is 16.5. The fourth-order valence-electron chi connectivity index (χ4n) is 7.82. The topological polar surface area (TPSA) is 70.6 Å². The number of carbonyl (C=O) groups excluding carboxylic acids is 1. The third kappa shape index (κ3) is 3.39. The molecule has 1 aromatic rings. The summed E-state index contributed by atoms with van der Waals surface area (Å²) in [7, 11) is 0. The summed E-state index contributed by atoms with van der Waals surface area (Å²) in [6.07, 6.45) is 6.65. The van der Waals surface area contributed by atoms with Gasteiger partial charge in [0.2, 0.25) is 5.91 Å². The first-order valence-corrected chi connectivity index (χ1v) is 11.8. The van der Waals surface area contributed by atoms with E-state index >= 15 is 0 Å². The molecule has 5 nitrogen and oxygen atoms in total. The van der Waals surface area contributed by atoms with Gasteiger partial charge in [0.05, 0.1) is 24.2 Å². The van der Waals surface area contributed by atoms with Gasteiger partial charge >= 0.3 is 0 Å². The summed E-state index contributed by atoms with van der Waals surface area (Å²) >= 11 is 0. The van der Waals surface area contributed by atoms with Gasteiger partial charge in [-0.3, -0.25) is 4.79 Å². The lowest BCUT2D eigenvalue weighted by Gasteiger charge is -2.66. The molecule has 2 unspecified atom stereocenters. The number of nitrogens with one attached hydrogen (secondary N) is 2. The summed E-state index contributed by atoms with van der Waals surface area (Å²) < 4.78 is 6.01. The normalized spacial score (nSPS) is 42.3. The molecule has 5 heteroatoms. The molecule has 1 aliphatic heterocycles. The summed E-state index contributed by atoms with van der Waals surface area (Å²) in [5.41, 5.74) is 1.22. The molecule has 1 amide bonds. The molecule has 1 saturated heterocycles. The lowest BCUT2D eigenvalue weighted by Crippen LogP contribution is -2.65. The maximum absolute atomic E-state index is 13.8. The van der Waals surface area contributed by atoms with E-state index in [-0.39, 0.29) is 28.2 Å². The number of β-amino-alcohol motifs (C(OH)–C–C–N with tert-alkyl or cyclic N) is 1. The van der Waals surface area contributed by atoms with Crippen molar-refractivity contribution in [2.75, 3.05) is 26.3 Å². The molecule has 164 valence electrons. The number of aliphatic hydroxyl groups is 1. The van der Waals surface area contributed by atoms with E-state index in [4.69, 9.17) is 4.74 Å². The SMILES string of the molecule is CCOC[C@]12CC3CC(C(=O)N[C@@H]4CCNC[C@H]4O)(C1)C[C@@](c1ccccc1)(C3)C2. The van der Waals surface area contributed by atoms with Crippen molar-refractivity contribution in [1.82, 2.24) is 10.6 Å². The van der Waals surface area contributed by atoms with Gasteiger partial charge in [0.15, 0.2) is 0 Å². The number of hydrogen-bond acceptors (Lipinski definition) is 4. The van der Waals surface area contributed by atoms with Gasteiger partial charge in [-0.25, -0.2) is 0 Å². The second-order valence-corrected chi connectivity index (χ2v) is 10.7. The molecule has 1 heterocycles. The predicted octanol–water partition coefficient (Wildman–Crippen LogP) is 2.77. The summed E-state index contributed by atoms with van der Waals surface area (Å²) in [4.78, 5) is 13.8. The van der Waals surface area contributed by atoms with Crippen molar-refractivity contribution < 1.29 is 14.6 Å². The van der Waals surface area contributed by atoms with E-state index < -0.39 is 6.10 Å². The first-order chi connectivity index (χ1) is 14.5. The highest BCUT2D eigenvalue weighted by Gasteiger charge is 2.66. The van der Waals surface area contributed by atoms with E-state index in [2.05, 4.69) is 47.9 Å². The Labute approximate surface area is 180 Å². The second kappa shape index (κ2) is 7.61. The number of ether oxygens (including phenoxy) is 1. The van der Waals surface area contributed by atoms with Crippen LogP contribution in [-0.4, -0.2) is 49.5 Å². The molecular weight excluding hydrogens is 376 g/mol. The first-order valence-electron chi connectivity index (χ1n) is 11.8. The molecule has 5 aliphatic rings. The van der Waals surface area contributed by atoms with Gasteiger partial charge < -0.3 is 20.5 Å². The van der Waals surface area contributed by atoms with Crippen LogP contribution in [0.2, 0.25) is 0 Å². The number of benzene rings is 1. The largest absolute Gasteiger partial charge is 0.390 e. The fraction of sp³-hybridized carbons (Fsp3) is 0.720. The maximum atomic E-state index is 13.8. The van der Waals surface area contributed by atoms with Crippen LogP contribution in [0.25, 0.3) is 0 Å². The van der Waals surface area contributed by atoms with Crippen LogP contribution in [0.3, 0.4) is 0 Å². The number of amides is 1. The van der Waals surface area contributed by atoms with Crippen molar-refractivity contribution >= 4 is 5.91 Å². The summed E-state index contributed by atoms with van der Waals surface area (Å²) in [5.74, 6) is 0.754. The van der Waals surface area contributed by atoms with Gasteiger partial charge in [0.25, 0.3) is 0 Å². The Hall–Kier alpha value is -1.43. The monoisotopic (exact) mass is 412 g/mol. The van der Waals surface area contributed by atoms with E-state index in [9.17, 15) is 9.90 Å². The van der Waals surface area contributed by atoms with Crippen LogP contribution in [0.1, 0.15) is 57.4 Å². The number of rotatable bonds is 6. The molecule has 0 aromatic heterocycles. The Morgan fingerprint density at radius 2 is 2.03 bits per heavy atom. The zero-order chi connectivity index (χ0) is 20.8. The average Bonchev–Trinajstić information content (AvgIpc) is 2.74. The predicted molar refractivity (Wildman–Crippen MR) is 116 cm³/mol.